The van der Waals surface area contributed by atoms with Gasteiger partial charge in [-0.1, -0.05) is 6.92 Å². The van der Waals surface area contributed by atoms with Crippen LogP contribution in [0.3, 0.4) is 0 Å². The minimum atomic E-state index is 0.0416. The quantitative estimate of drug-likeness (QED) is 0.797. The second kappa shape index (κ2) is 7.33. The molecule has 0 aromatic carbocycles. The Morgan fingerprint density at radius 1 is 1.25 bits per heavy atom. The Balaban J connectivity index is 2.41. The highest BCUT2D eigenvalue weighted by atomic mass is 79.9. The third-order valence-corrected chi connectivity index (χ3v) is 4.13. The molecule has 1 atom stereocenters. The molecule has 4 nitrogen and oxygen atoms in total. The molecule has 0 aliphatic heterocycles. The summed E-state index contributed by atoms with van der Waals surface area (Å²) in [4.78, 5) is 4.53. The van der Waals surface area contributed by atoms with E-state index in [4.69, 9.17) is 0 Å². The number of pyridine rings is 1. The Kier molecular flexibility index (Phi) is 5.74. The van der Waals surface area contributed by atoms with Gasteiger partial charge in [-0.25, -0.2) is 0 Å². The van der Waals surface area contributed by atoms with Crippen molar-refractivity contribution < 1.29 is 0 Å². The Hall–Kier alpha value is -0.720. The number of nitrogens with one attached hydrogen (secondary N) is 1. The molecule has 1 N–H and O–H groups in total. The van der Waals surface area contributed by atoms with Gasteiger partial charge in [-0.05, 0) is 63.9 Å². The van der Waals surface area contributed by atoms with Crippen molar-refractivity contribution >= 4 is 31.9 Å². The molecule has 2 aromatic heterocycles. The summed E-state index contributed by atoms with van der Waals surface area (Å²) < 4.78 is 4.00. The number of nitrogens with zero attached hydrogens (tertiary/aromatic N) is 3. The number of halogens is 2. The highest BCUT2D eigenvalue weighted by molar-refractivity contribution is 9.10. The summed E-state index contributed by atoms with van der Waals surface area (Å²) in [6.07, 6.45) is 4.75. The van der Waals surface area contributed by atoms with E-state index in [-0.39, 0.29) is 6.04 Å². The highest BCUT2D eigenvalue weighted by Gasteiger charge is 2.22. The van der Waals surface area contributed by atoms with E-state index in [1.54, 1.807) is 0 Å². The number of aryl methyl sites for hydroxylation is 1. The van der Waals surface area contributed by atoms with Gasteiger partial charge in [-0.2, -0.15) is 5.10 Å². The molecule has 108 valence electrons. The molecule has 6 heteroatoms. The Morgan fingerprint density at radius 3 is 2.65 bits per heavy atom. The van der Waals surface area contributed by atoms with Crippen molar-refractivity contribution in [2.45, 2.75) is 32.9 Å². The van der Waals surface area contributed by atoms with Crippen LogP contribution in [-0.4, -0.2) is 21.3 Å². The van der Waals surface area contributed by atoms with Gasteiger partial charge in [0.05, 0.1) is 28.1 Å². The smallest absolute Gasteiger partial charge is 0.0933 e. The average molecular weight is 402 g/mol. The molecule has 2 heterocycles. The lowest BCUT2D eigenvalue weighted by atomic mass is 10.1. The van der Waals surface area contributed by atoms with E-state index in [9.17, 15) is 0 Å². The van der Waals surface area contributed by atoms with E-state index in [1.807, 2.05) is 29.2 Å². The summed E-state index contributed by atoms with van der Waals surface area (Å²) >= 11 is 7.03. The second-order valence-corrected chi connectivity index (χ2v) is 6.25. The summed E-state index contributed by atoms with van der Waals surface area (Å²) in [6.45, 7) is 6.02. The van der Waals surface area contributed by atoms with Crippen molar-refractivity contribution in [2.24, 2.45) is 0 Å². The van der Waals surface area contributed by atoms with Crippen LogP contribution in [0.2, 0.25) is 0 Å². The minimum Gasteiger partial charge on any atom is -0.304 e. The molecule has 0 amide bonds. The van der Waals surface area contributed by atoms with Crippen LogP contribution in [0, 0.1) is 0 Å². The SMILES string of the molecule is CCCNC(c1ccc(Br)cn1)c1c(Br)cnn1CC. The van der Waals surface area contributed by atoms with Gasteiger partial charge in [0.15, 0.2) is 0 Å². The molecule has 0 aliphatic rings. The predicted molar refractivity (Wildman–Crippen MR) is 87.7 cm³/mol. The fourth-order valence-corrected chi connectivity index (χ4v) is 2.86. The Morgan fingerprint density at radius 2 is 2.05 bits per heavy atom. The summed E-state index contributed by atoms with van der Waals surface area (Å²) in [6, 6.07) is 4.10. The maximum atomic E-state index is 4.53. The first-order valence-corrected chi connectivity index (χ1v) is 8.32. The summed E-state index contributed by atoms with van der Waals surface area (Å²) in [5.74, 6) is 0. The standard InChI is InChI=1S/C14H18Br2N4/c1-3-7-17-13(12-6-5-10(15)8-18-12)14-11(16)9-19-20(14)4-2/h5-6,8-9,13,17H,3-4,7H2,1-2H3. The van der Waals surface area contributed by atoms with E-state index in [1.165, 1.54) is 0 Å². The largest absolute Gasteiger partial charge is 0.304 e. The van der Waals surface area contributed by atoms with Crippen molar-refractivity contribution in [2.75, 3.05) is 6.54 Å². The number of hydrogen-bond donors (Lipinski definition) is 1. The van der Waals surface area contributed by atoms with Crippen molar-refractivity contribution in [3.8, 4) is 0 Å². The maximum absolute atomic E-state index is 4.53. The van der Waals surface area contributed by atoms with Crippen molar-refractivity contribution in [1.82, 2.24) is 20.1 Å². The topological polar surface area (TPSA) is 42.7 Å². The second-order valence-electron chi connectivity index (χ2n) is 4.48. The number of rotatable bonds is 6. The molecule has 0 aliphatic carbocycles. The summed E-state index contributed by atoms with van der Waals surface area (Å²) in [7, 11) is 0. The third kappa shape index (κ3) is 3.48. The van der Waals surface area contributed by atoms with Gasteiger partial charge < -0.3 is 5.32 Å². The van der Waals surface area contributed by atoms with Crippen LogP contribution in [0.4, 0.5) is 0 Å². The minimum absolute atomic E-state index is 0.0416. The van der Waals surface area contributed by atoms with Gasteiger partial charge in [0.1, 0.15) is 0 Å². The van der Waals surface area contributed by atoms with Gasteiger partial charge in [0.25, 0.3) is 0 Å². The van der Waals surface area contributed by atoms with Crippen LogP contribution >= 0.6 is 31.9 Å². The molecular formula is C14H18Br2N4. The normalized spacial score (nSPS) is 12.6. The number of aromatic nitrogens is 3. The predicted octanol–water partition coefficient (Wildman–Crippen LogP) is 3.91. The van der Waals surface area contributed by atoms with Gasteiger partial charge in [-0.15, -0.1) is 0 Å². The first kappa shape index (κ1) is 15.7. The number of hydrogen-bond acceptors (Lipinski definition) is 3. The fourth-order valence-electron chi connectivity index (χ4n) is 2.10. The Bertz CT molecular complexity index is 551. The van der Waals surface area contributed by atoms with Crippen LogP contribution in [0.5, 0.6) is 0 Å². The van der Waals surface area contributed by atoms with Gasteiger partial charge >= 0.3 is 0 Å². The third-order valence-electron chi connectivity index (χ3n) is 3.05. The molecule has 0 radical (unpaired) electrons. The molecule has 0 spiro atoms. The lowest BCUT2D eigenvalue weighted by Crippen LogP contribution is -2.26. The fraction of sp³-hybridized carbons (Fsp3) is 0.429. The van der Waals surface area contributed by atoms with Crippen LogP contribution in [0.15, 0.2) is 33.5 Å². The molecule has 0 saturated heterocycles. The zero-order valence-electron chi connectivity index (χ0n) is 11.6. The lowest BCUT2D eigenvalue weighted by molar-refractivity contribution is 0.520. The van der Waals surface area contributed by atoms with Crippen LogP contribution in [-0.2, 0) is 6.54 Å². The van der Waals surface area contributed by atoms with E-state index >= 15 is 0 Å². The zero-order chi connectivity index (χ0) is 14.5. The molecule has 1 unspecified atom stereocenters. The van der Waals surface area contributed by atoms with E-state index in [0.717, 1.165) is 39.8 Å². The summed E-state index contributed by atoms with van der Waals surface area (Å²) in [5.41, 5.74) is 2.12. The van der Waals surface area contributed by atoms with E-state index < -0.39 is 0 Å². The van der Waals surface area contributed by atoms with Crippen LogP contribution < -0.4 is 5.32 Å². The first-order valence-electron chi connectivity index (χ1n) is 6.73. The monoisotopic (exact) mass is 400 g/mol. The molecule has 20 heavy (non-hydrogen) atoms. The van der Waals surface area contributed by atoms with Gasteiger partial charge in [0, 0.05) is 17.2 Å². The van der Waals surface area contributed by atoms with E-state index in [0.29, 0.717) is 0 Å². The van der Waals surface area contributed by atoms with Crippen LogP contribution in [0.1, 0.15) is 37.7 Å². The molecular weight excluding hydrogens is 384 g/mol. The first-order chi connectivity index (χ1) is 9.67. The van der Waals surface area contributed by atoms with Gasteiger partial charge in [0.2, 0.25) is 0 Å². The molecule has 0 bridgehead atoms. The van der Waals surface area contributed by atoms with E-state index in [2.05, 4.69) is 61.1 Å². The Labute approximate surface area is 136 Å². The zero-order valence-corrected chi connectivity index (χ0v) is 14.8. The molecule has 2 rings (SSSR count). The molecule has 2 aromatic rings. The maximum Gasteiger partial charge on any atom is 0.0933 e. The lowest BCUT2D eigenvalue weighted by Gasteiger charge is -2.20. The molecule has 0 saturated carbocycles. The van der Waals surface area contributed by atoms with Crippen molar-refractivity contribution in [3.63, 3.8) is 0 Å². The highest BCUT2D eigenvalue weighted by Crippen LogP contribution is 2.28. The molecule has 0 fully saturated rings. The van der Waals surface area contributed by atoms with Crippen molar-refractivity contribution in [1.29, 1.82) is 0 Å². The van der Waals surface area contributed by atoms with Gasteiger partial charge in [-0.3, -0.25) is 9.67 Å². The van der Waals surface area contributed by atoms with Crippen molar-refractivity contribution in [3.05, 3.63) is 44.9 Å². The summed E-state index contributed by atoms with van der Waals surface area (Å²) in [5, 5.41) is 7.95. The van der Waals surface area contributed by atoms with Crippen LogP contribution in [0.25, 0.3) is 0 Å². The average Bonchev–Trinajstić information content (AvgIpc) is 2.82.